The summed E-state index contributed by atoms with van der Waals surface area (Å²) in [7, 11) is 4.60. The predicted octanol–water partition coefficient (Wildman–Crippen LogP) is 2.38. The fourth-order valence-corrected chi connectivity index (χ4v) is 8.47. The molecule has 1 aliphatic carbocycles. The number of alkyl halides is 1. The van der Waals surface area contributed by atoms with Crippen LogP contribution < -0.4 is 9.64 Å². The second-order valence-electron chi connectivity index (χ2n) is 10.8. The molecule has 1 spiro atoms. The Balaban J connectivity index is 1.92. The highest BCUT2D eigenvalue weighted by Gasteiger charge is 2.83. The molecular weight excluding hydrogens is 483 g/mol. The molecule has 1 aromatic rings. The normalized spacial score (nSPS) is 36.6. The van der Waals surface area contributed by atoms with E-state index in [9.17, 15) is 14.4 Å². The van der Waals surface area contributed by atoms with E-state index >= 15 is 4.39 Å². The molecule has 3 aliphatic heterocycles. The first-order chi connectivity index (χ1) is 17.5. The van der Waals surface area contributed by atoms with Crippen LogP contribution in [0.15, 0.2) is 18.2 Å². The molecule has 10 heteroatoms. The first-order valence-corrected chi connectivity index (χ1v) is 12.8. The lowest BCUT2D eigenvalue weighted by Gasteiger charge is -2.65. The van der Waals surface area contributed by atoms with Crippen molar-refractivity contribution in [3.63, 3.8) is 0 Å². The Morgan fingerprint density at radius 1 is 1.08 bits per heavy atom. The number of ether oxygens (including phenoxy) is 4. The van der Waals surface area contributed by atoms with Crippen molar-refractivity contribution < 1.29 is 37.7 Å². The van der Waals surface area contributed by atoms with Gasteiger partial charge in [0.1, 0.15) is 11.9 Å². The minimum absolute atomic E-state index is 0.355. The first kappa shape index (κ1) is 25.8. The molecular formula is C27H35FN2O7. The van der Waals surface area contributed by atoms with Crippen LogP contribution in [0, 0.1) is 5.41 Å². The zero-order valence-corrected chi connectivity index (χ0v) is 22.2. The standard InChI is InChI=1S/C27H35FN2O7/c1-15(28)25-10-7-12-30-13-11-26(21(25)30)19-9-8-18(34-5)14-20(19)29(4)22(26)27(24(33)35-6,37-17(3)32)23(25)36-16(2)31/h8-9,14-15,21-23H,7,10-13H2,1-6H3/t15-,21+,22-,23-,25+,26-,27+/m1/s1. The maximum Gasteiger partial charge on any atom is 0.356 e. The van der Waals surface area contributed by atoms with Crippen molar-refractivity contribution in [3.05, 3.63) is 23.8 Å². The van der Waals surface area contributed by atoms with E-state index in [0.29, 0.717) is 31.6 Å². The Hall–Kier alpha value is -2.88. The number of hydrogen-bond acceptors (Lipinski definition) is 9. The minimum atomic E-state index is -2.11. The second-order valence-corrected chi connectivity index (χ2v) is 10.8. The highest BCUT2D eigenvalue weighted by atomic mass is 19.1. The van der Waals surface area contributed by atoms with Crippen molar-refractivity contribution >= 4 is 23.6 Å². The van der Waals surface area contributed by atoms with Crippen molar-refractivity contribution in [2.24, 2.45) is 5.41 Å². The van der Waals surface area contributed by atoms with E-state index in [1.807, 2.05) is 30.1 Å². The topological polar surface area (TPSA) is 94.6 Å². The van der Waals surface area contributed by atoms with Gasteiger partial charge in [-0.15, -0.1) is 0 Å². The van der Waals surface area contributed by atoms with Gasteiger partial charge in [-0.2, -0.15) is 0 Å². The summed E-state index contributed by atoms with van der Waals surface area (Å²) < 4.78 is 39.1. The van der Waals surface area contributed by atoms with Crippen LogP contribution in [0.4, 0.5) is 10.1 Å². The number of carbonyl (C=O) groups is 3. The van der Waals surface area contributed by atoms with Crippen molar-refractivity contribution in [2.45, 2.75) is 75.4 Å². The number of likely N-dealkylation sites (N-methyl/N-ethyl adjacent to an activating group) is 1. The average Bonchev–Trinajstić information content (AvgIpc) is 3.36. The summed E-state index contributed by atoms with van der Waals surface area (Å²) >= 11 is 0. The Morgan fingerprint density at radius 2 is 1.81 bits per heavy atom. The lowest BCUT2D eigenvalue weighted by Crippen LogP contribution is -2.84. The van der Waals surface area contributed by atoms with Gasteiger partial charge in [-0.05, 0) is 50.9 Å². The number of rotatable bonds is 5. The van der Waals surface area contributed by atoms with Crippen molar-refractivity contribution in [1.82, 2.24) is 4.90 Å². The maximum atomic E-state index is 16.3. The molecule has 1 aromatic carbocycles. The number of fused-ring (bicyclic) bond motifs is 1. The molecule has 0 N–H and O–H groups in total. The summed E-state index contributed by atoms with van der Waals surface area (Å²) in [6.07, 6.45) is -1.29. The van der Waals surface area contributed by atoms with Crippen LogP contribution >= 0.6 is 0 Å². The minimum Gasteiger partial charge on any atom is -0.497 e. The van der Waals surface area contributed by atoms with Gasteiger partial charge in [-0.1, -0.05) is 6.07 Å². The van der Waals surface area contributed by atoms with Crippen LogP contribution in [0.1, 0.15) is 45.6 Å². The predicted molar refractivity (Wildman–Crippen MR) is 131 cm³/mol. The van der Waals surface area contributed by atoms with Gasteiger partial charge < -0.3 is 23.8 Å². The summed E-state index contributed by atoms with van der Waals surface area (Å²) in [5.41, 5.74) is -2.53. The largest absolute Gasteiger partial charge is 0.497 e. The number of hydrogen-bond donors (Lipinski definition) is 0. The molecule has 0 bridgehead atoms. The van der Waals surface area contributed by atoms with Crippen LogP contribution in [-0.2, 0) is 34.0 Å². The monoisotopic (exact) mass is 518 g/mol. The fourth-order valence-electron chi connectivity index (χ4n) is 8.47. The van der Waals surface area contributed by atoms with E-state index in [0.717, 1.165) is 17.8 Å². The number of carbonyl (C=O) groups excluding carboxylic acids is 3. The van der Waals surface area contributed by atoms with Gasteiger partial charge in [0.25, 0.3) is 5.60 Å². The molecule has 0 unspecified atom stereocenters. The third-order valence-electron chi connectivity index (χ3n) is 9.32. The molecule has 0 radical (unpaired) electrons. The van der Waals surface area contributed by atoms with Crippen molar-refractivity contribution in [1.29, 1.82) is 0 Å². The van der Waals surface area contributed by atoms with Crippen LogP contribution in [0.25, 0.3) is 0 Å². The zero-order chi connectivity index (χ0) is 26.9. The summed E-state index contributed by atoms with van der Waals surface area (Å²) in [4.78, 5) is 43.6. The number of halogens is 1. The Labute approximate surface area is 216 Å². The van der Waals surface area contributed by atoms with E-state index in [2.05, 4.69) is 4.90 Å². The van der Waals surface area contributed by atoms with Gasteiger partial charge >= 0.3 is 17.9 Å². The van der Waals surface area contributed by atoms with Crippen LogP contribution in [0.5, 0.6) is 5.75 Å². The van der Waals surface area contributed by atoms with Crippen LogP contribution in [-0.4, -0.2) is 87.1 Å². The third-order valence-corrected chi connectivity index (χ3v) is 9.32. The van der Waals surface area contributed by atoms with Crippen molar-refractivity contribution in [3.8, 4) is 5.75 Å². The van der Waals surface area contributed by atoms with Crippen molar-refractivity contribution in [2.75, 3.05) is 39.3 Å². The number of piperidine rings is 1. The molecule has 3 heterocycles. The number of anilines is 1. The summed E-state index contributed by atoms with van der Waals surface area (Å²) in [5.74, 6) is -1.68. The molecule has 37 heavy (non-hydrogen) atoms. The lowest BCUT2D eigenvalue weighted by molar-refractivity contribution is -0.259. The quantitative estimate of drug-likeness (QED) is 0.430. The van der Waals surface area contributed by atoms with E-state index < -0.39 is 58.7 Å². The molecule has 9 nitrogen and oxygen atoms in total. The summed E-state index contributed by atoms with van der Waals surface area (Å²) in [6.45, 7) is 5.30. The van der Waals surface area contributed by atoms with Gasteiger partial charge in [-0.25, -0.2) is 9.18 Å². The van der Waals surface area contributed by atoms with Gasteiger partial charge in [0.05, 0.1) is 25.7 Å². The molecule has 5 rings (SSSR count). The molecule has 0 aromatic heterocycles. The molecule has 7 atom stereocenters. The molecule has 202 valence electrons. The highest BCUT2D eigenvalue weighted by Crippen LogP contribution is 2.69. The molecule has 1 saturated carbocycles. The van der Waals surface area contributed by atoms with Gasteiger partial charge in [0.15, 0.2) is 6.10 Å². The number of esters is 3. The Bertz CT molecular complexity index is 1140. The molecule has 4 aliphatic rings. The molecule has 2 saturated heterocycles. The zero-order valence-electron chi connectivity index (χ0n) is 22.2. The summed E-state index contributed by atoms with van der Waals surface area (Å²) in [6, 6.07) is 4.49. The lowest BCUT2D eigenvalue weighted by atomic mass is 9.46. The first-order valence-electron chi connectivity index (χ1n) is 12.8. The number of nitrogens with zero attached hydrogens (tertiary/aromatic N) is 2. The average molecular weight is 519 g/mol. The maximum absolute atomic E-state index is 16.3. The molecule has 0 amide bonds. The molecule has 3 fully saturated rings. The van der Waals surface area contributed by atoms with Crippen LogP contribution in [0.3, 0.4) is 0 Å². The Kier molecular flexibility index (Phi) is 5.97. The van der Waals surface area contributed by atoms with E-state index in [-0.39, 0.29) is 0 Å². The van der Waals surface area contributed by atoms with Gasteiger partial charge in [0, 0.05) is 44.1 Å². The summed E-state index contributed by atoms with van der Waals surface area (Å²) in [5, 5.41) is 0. The van der Waals surface area contributed by atoms with Gasteiger partial charge in [0.2, 0.25) is 0 Å². The number of benzene rings is 1. The highest BCUT2D eigenvalue weighted by molar-refractivity contribution is 5.89. The van der Waals surface area contributed by atoms with E-state index in [1.165, 1.54) is 27.9 Å². The second kappa shape index (κ2) is 8.58. The number of methoxy groups -OCH3 is 2. The fraction of sp³-hybridized carbons (Fsp3) is 0.667. The Morgan fingerprint density at radius 3 is 2.41 bits per heavy atom. The van der Waals surface area contributed by atoms with Gasteiger partial charge in [-0.3, -0.25) is 14.5 Å². The van der Waals surface area contributed by atoms with E-state index in [1.54, 1.807) is 7.11 Å². The van der Waals surface area contributed by atoms with Crippen LogP contribution in [0.2, 0.25) is 0 Å². The SMILES string of the molecule is COC(=O)[C@]1(OC(C)=O)[C@@H]2N(C)c3cc(OC)ccc3[C@@]23CCN2CCC[C@]([C@@H](C)F)([C@H]23)[C@H]1OC(C)=O. The smallest absolute Gasteiger partial charge is 0.356 e. The third kappa shape index (κ3) is 3.08. The van der Waals surface area contributed by atoms with E-state index in [4.69, 9.17) is 18.9 Å².